The average molecular weight is 212 g/mol. The average Bonchev–Trinajstić information content (AvgIpc) is 2.06. The molecule has 0 saturated carbocycles. The van der Waals surface area contributed by atoms with E-state index in [2.05, 4.69) is 9.71 Å². The molecule has 4 nitrogen and oxygen atoms in total. The van der Waals surface area contributed by atoms with Gasteiger partial charge in [0.2, 0.25) is 10.0 Å². The van der Waals surface area contributed by atoms with Crippen LogP contribution >= 0.6 is 0 Å². The van der Waals surface area contributed by atoms with Crippen LogP contribution in [0.15, 0.2) is 24.4 Å². The van der Waals surface area contributed by atoms with Crippen molar-refractivity contribution >= 4 is 21.9 Å². The van der Waals surface area contributed by atoms with Gasteiger partial charge in [0.05, 0.1) is 6.26 Å². The Morgan fingerprint density at radius 3 is 2.57 bits per heavy atom. The number of hydrogen-bond donors (Lipinski definition) is 1. The van der Waals surface area contributed by atoms with E-state index < -0.39 is 10.0 Å². The molecule has 1 N–H and O–H groups in total. The molecule has 0 saturated heterocycles. The first-order valence-electron chi connectivity index (χ1n) is 4.08. The molecule has 0 fully saturated rings. The highest BCUT2D eigenvalue weighted by molar-refractivity contribution is 7.92. The Morgan fingerprint density at radius 2 is 2.14 bits per heavy atom. The summed E-state index contributed by atoms with van der Waals surface area (Å²) in [5, 5.41) is 0. The fourth-order valence-corrected chi connectivity index (χ4v) is 1.45. The number of pyridine rings is 1. The lowest BCUT2D eigenvalue weighted by molar-refractivity contribution is 0.606. The molecule has 0 aliphatic heterocycles. The first-order chi connectivity index (χ1) is 6.51. The zero-order valence-electron chi connectivity index (χ0n) is 8.06. The number of sulfonamides is 1. The lowest BCUT2D eigenvalue weighted by atomic mass is 10.2. The molecule has 14 heavy (non-hydrogen) atoms. The van der Waals surface area contributed by atoms with E-state index in [0.29, 0.717) is 5.82 Å². The van der Waals surface area contributed by atoms with Gasteiger partial charge in [0, 0.05) is 6.20 Å². The first kappa shape index (κ1) is 10.7. The van der Waals surface area contributed by atoms with Crippen molar-refractivity contribution in [3.05, 3.63) is 30.0 Å². The van der Waals surface area contributed by atoms with E-state index in [4.69, 9.17) is 0 Å². The number of anilines is 1. The molecular weight excluding hydrogens is 200 g/mol. The van der Waals surface area contributed by atoms with Crippen molar-refractivity contribution in [3.8, 4) is 0 Å². The maximum Gasteiger partial charge on any atom is 0.230 e. The van der Waals surface area contributed by atoms with E-state index in [0.717, 1.165) is 11.8 Å². The van der Waals surface area contributed by atoms with Crippen LogP contribution < -0.4 is 4.72 Å². The van der Waals surface area contributed by atoms with Crippen LogP contribution in [0.5, 0.6) is 0 Å². The number of allylic oxidation sites excluding steroid dienone is 1. The maximum absolute atomic E-state index is 10.8. The number of rotatable bonds is 3. The van der Waals surface area contributed by atoms with E-state index in [1.165, 1.54) is 0 Å². The summed E-state index contributed by atoms with van der Waals surface area (Å²) in [6, 6.07) is 3.41. The Bertz CT molecular complexity index is 421. The first-order valence-corrected chi connectivity index (χ1v) is 5.97. The molecule has 5 heteroatoms. The predicted octanol–water partition coefficient (Wildman–Crippen LogP) is 1.49. The van der Waals surface area contributed by atoms with Gasteiger partial charge in [-0.3, -0.25) is 4.72 Å². The second-order valence-corrected chi connectivity index (χ2v) is 4.60. The molecule has 0 aliphatic carbocycles. The van der Waals surface area contributed by atoms with Crippen molar-refractivity contribution in [1.29, 1.82) is 0 Å². The van der Waals surface area contributed by atoms with Gasteiger partial charge in [0.25, 0.3) is 0 Å². The Kier molecular flexibility index (Phi) is 3.24. The van der Waals surface area contributed by atoms with E-state index >= 15 is 0 Å². The minimum atomic E-state index is -3.23. The van der Waals surface area contributed by atoms with Gasteiger partial charge in [-0.05, 0) is 24.6 Å². The topological polar surface area (TPSA) is 59.1 Å². The van der Waals surface area contributed by atoms with Crippen LogP contribution in [0.1, 0.15) is 12.5 Å². The van der Waals surface area contributed by atoms with Gasteiger partial charge in [-0.15, -0.1) is 0 Å². The smallest absolute Gasteiger partial charge is 0.230 e. The molecule has 1 aromatic heterocycles. The molecule has 0 aromatic carbocycles. The Balaban J connectivity index is 2.84. The molecule has 0 unspecified atom stereocenters. The minimum absolute atomic E-state index is 0.334. The highest BCUT2D eigenvalue weighted by Crippen LogP contribution is 2.07. The third kappa shape index (κ3) is 3.57. The SMILES string of the molecule is CC=Cc1ccc(NS(C)(=O)=O)nc1. The van der Waals surface area contributed by atoms with Gasteiger partial charge >= 0.3 is 0 Å². The number of aromatic nitrogens is 1. The fraction of sp³-hybridized carbons (Fsp3) is 0.222. The lowest BCUT2D eigenvalue weighted by Crippen LogP contribution is -2.10. The number of hydrogen-bond acceptors (Lipinski definition) is 3. The third-order valence-electron chi connectivity index (χ3n) is 1.44. The van der Waals surface area contributed by atoms with Crippen LogP contribution in [0.25, 0.3) is 6.08 Å². The zero-order valence-corrected chi connectivity index (χ0v) is 8.88. The van der Waals surface area contributed by atoms with Gasteiger partial charge in [0.15, 0.2) is 0 Å². The van der Waals surface area contributed by atoms with Crippen LogP contribution in [0, 0.1) is 0 Å². The largest absolute Gasteiger partial charge is 0.268 e. The van der Waals surface area contributed by atoms with Crippen molar-refractivity contribution in [2.45, 2.75) is 6.92 Å². The highest BCUT2D eigenvalue weighted by atomic mass is 32.2. The fourth-order valence-electron chi connectivity index (χ4n) is 0.947. The lowest BCUT2D eigenvalue weighted by Gasteiger charge is -2.01. The van der Waals surface area contributed by atoms with Gasteiger partial charge in [-0.2, -0.15) is 0 Å². The van der Waals surface area contributed by atoms with Crippen molar-refractivity contribution in [1.82, 2.24) is 4.98 Å². The van der Waals surface area contributed by atoms with Gasteiger partial charge in [0.1, 0.15) is 5.82 Å². The summed E-state index contributed by atoms with van der Waals surface area (Å²) < 4.78 is 24.0. The summed E-state index contributed by atoms with van der Waals surface area (Å²) in [6.45, 7) is 1.91. The molecule has 1 aromatic rings. The standard InChI is InChI=1S/C9H12N2O2S/c1-3-4-8-5-6-9(10-7-8)11-14(2,12)13/h3-7H,1-2H3,(H,10,11). The van der Waals surface area contributed by atoms with E-state index in [-0.39, 0.29) is 0 Å². The summed E-state index contributed by atoms with van der Waals surface area (Å²) >= 11 is 0. The van der Waals surface area contributed by atoms with Crippen molar-refractivity contribution in [3.63, 3.8) is 0 Å². The molecule has 0 atom stereocenters. The molecule has 1 heterocycles. The quantitative estimate of drug-likeness (QED) is 0.825. The monoisotopic (exact) mass is 212 g/mol. The molecule has 0 spiro atoms. The van der Waals surface area contributed by atoms with E-state index in [9.17, 15) is 8.42 Å². The summed E-state index contributed by atoms with van der Waals surface area (Å²) in [6.07, 6.45) is 6.47. The highest BCUT2D eigenvalue weighted by Gasteiger charge is 2.01. The number of nitrogens with one attached hydrogen (secondary N) is 1. The Hall–Kier alpha value is -1.36. The van der Waals surface area contributed by atoms with Crippen molar-refractivity contribution < 1.29 is 8.42 Å². The summed E-state index contributed by atoms with van der Waals surface area (Å²) in [5.41, 5.74) is 0.937. The third-order valence-corrected chi connectivity index (χ3v) is 2.02. The van der Waals surface area contributed by atoms with Crippen LogP contribution in [0.3, 0.4) is 0 Å². The van der Waals surface area contributed by atoms with E-state index in [1.54, 1.807) is 18.3 Å². The molecule has 0 aliphatic rings. The van der Waals surface area contributed by atoms with Crippen LogP contribution in [-0.4, -0.2) is 19.7 Å². The zero-order chi connectivity index (χ0) is 10.6. The molecule has 1 rings (SSSR count). The summed E-state index contributed by atoms with van der Waals surface area (Å²) in [5.74, 6) is 0.334. The number of nitrogens with zero attached hydrogens (tertiary/aromatic N) is 1. The molecular formula is C9H12N2O2S. The molecule has 0 bridgehead atoms. The maximum atomic E-state index is 10.8. The minimum Gasteiger partial charge on any atom is -0.268 e. The van der Waals surface area contributed by atoms with E-state index in [1.807, 2.05) is 19.1 Å². The second-order valence-electron chi connectivity index (χ2n) is 2.85. The van der Waals surface area contributed by atoms with Crippen LogP contribution in [0.4, 0.5) is 5.82 Å². The van der Waals surface area contributed by atoms with Gasteiger partial charge < -0.3 is 0 Å². The van der Waals surface area contributed by atoms with Crippen LogP contribution in [-0.2, 0) is 10.0 Å². The van der Waals surface area contributed by atoms with Crippen molar-refractivity contribution in [2.75, 3.05) is 11.0 Å². The molecule has 0 radical (unpaired) electrons. The normalized spacial score (nSPS) is 11.9. The molecule has 76 valence electrons. The van der Waals surface area contributed by atoms with Gasteiger partial charge in [-0.25, -0.2) is 13.4 Å². The van der Waals surface area contributed by atoms with Crippen LogP contribution in [0.2, 0.25) is 0 Å². The van der Waals surface area contributed by atoms with Gasteiger partial charge in [-0.1, -0.05) is 12.2 Å². The second kappa shape index (κ2) is 4.23. The predicted molar refractivity (Wildman–Crippen MR) is 57.4 cm³/mol. The van der Waals surface area contributed by atoms with Crippen molar-refractivity contribution in [2.24, 2.45) is 0 Å². The summed E-state index contributed by atoms with van der Waals surface area (Å²) in [7, 11) is -3.23. The molecule has 0 amide bonds. The summed E-state index contributed by atoms with van der Waals surface area (Å²) in [4.78, 5) is 3.94. The Morgan fingerprint density at radius 1 is 1.43 bits per heavy atom. The Labute approximate surface area is 83.7 Å².